The lowest BCUT2D eigenvalue weighted by atomic mass is 10.0. The summed E-state index contributed by atoms with van der Waals surface area (Å²) in [5.74, 6) is 0. The maximum Gasteiger partial charge on any atom is 0.0640 e. The third-order valence-corrected chi connectivity index (χ3v) is 12.5. The van der Waals surface area contributed by atoms with Gasteiger partial charge in [-0.05, 0) is 66.0 Å². The molecule has 0 saturated heterocycles. The molecule has 3 heterocycles. The van der Waals surface area contributed by atoms with Gasteiger partial charge in [0.15, 0.2) is 0 Å². The fourth-order valence-electron chi connectivity index (χ4n) is 8.03. The van der Waals surface area contributed by atoms with Crippen molar-refractivity contribution in [2.24, 2.45) is 0 Å². The molecule has 0 unspecified atom stereocenters. The van der Waals surface area contributed by atoms with Crippen LogP contribution >= 0.6 is 22.7 Å². The number of nitrogens with zero attached hydrogens (tertiary/aromatic N) is 2. The van der Waals surface area contributed by atoms with Gasteiger partial charge in [-0.2, -0.15) is 0 Å². The maximum absolute atomic E-state index is 2.53. The maximum atomic E-state index is 2.53. The van der Waals surface area contributed by atoms with Gasteiger partial charge in [-0.1, -0.05) is 109 Å². The minimum absolute atomic E-state index is 1.14. The highest BCUT2D eigenvalue weighted by Crippen LogP contribution is 2.50. The molecule has 4 heteroatoms. The first-order chi connectivity index (χ1) is 24.8. The van der Waals surface area contributed by atoms with E-state index in [0.717, 1.165) is 5.69 Å². The zero-order valence-corrected chi connectivity index (χ0v) is 28.5. The van der Waals surface area contributed by atoms with Gasteiger partial charge < -0.3 is 9.47 Å². The average molecular weight is 673 g/mol. The molecule has 0 radical (unpaired) electrons. The van der Waals surface area contributed by atoms with Crippen LogP contribution in [0.15, 0.2) is 170 Å². The van der Waals surface area contributed by atoms with E-state index < -0.39 is 0 Å². The van der Waals surface area contributed by atoms with E-state index in [4.69, 9.17) is 0 Å². The van der Waals surface area contributed by atoms with Crippen molar-refractivity contribution in [2.45, 2.75) is 0 Å². The fraction of sp³-hybridized carbons (Fsp3) is 0. The first kappa shape index (κ1) is 28.0. The summed E-state index contributed by atoms with van der Waals surface area (Å²) in [6, 6.07) is 62.4. The second-order valence-corrected chi connectivity index (χ2v) is 15.0. The average Bonchev–Trinajstić information content (AvgIpc) is 3.85. The monoisotopic (exact) mass is 672 g/mol. The fourth-order valence-corrected chi connectivity index (χ4v) is 10.4. The topological polar surface area (TPSA) is 8.17 Å². The van der Waals surface area contributed by atoms with Gasteiger partial charge in [0, 0.05) is 63.2 Å². The number of aromatic nitrogens is 1. The van der Waals surface area contributed by atoms with Crippen LogP contribution in [0.3, 0.4) is 0 Å². The highest BCUT2D eigenvalue weighted by Gasteiger charge is 2.23. The number of thiophene rings is 2. The molecule has 0 fully saturated rings. The van der Waals surface area contributed by atoms with Gasteiger partial charge in [0.1, 0.15) is 0 Å². The van der Waals surface area contributed by atoms with Crippen molar-refractivity contribution in [2.75, 3.05) is 4.90 Å². The van der Waals surface area contributed by atoms with Crippen LogP contribution in [0.5, 0.6) is 0 Å². The van der Waals surface area contributed by atoms with Crippen LogP contribution in [0.1, 0.15) is 0 Å². The molecule has 0 spiro atoms. The summed E-state index contributed by atoms with van der Waals surface area (Å²) in [6.07, 6.45) is 0. The van der Waals surface area contributed by atoms with Gasteiger partial charge in [-0.3, -0.25) is 0 Å². The molecule has 0 aliphatic rings. The van der Waals surface area contributed by atoms with Crippen LogP contribution in [-0.2, 0) is 0 Å². The van der Waals surface area contributed by atoms with E-state index in [-0.39, 0.29) is 0 Å². The number of benzene rings is 8. The quantitative estimate of drug-likeness (QED) is 0.181. The molecule has 3 aromatic heterocycles. The van der Waals surface area contributed by atoms with E-state index in [1.54, 1.807) is 0 Å². The Morgan fingerprint density at radius 3 is 1.86 bits per heavy atom. The molecule has 0 aliphatic heterocycles. The van der Waals surface area contributed by atoms with E-state index in [9.17, 15) is 0 Å². The molecular formula is C46H28N2S2. The number of hydrogen-bond acceptors (Lipinski definition) is 3. The molecular weight excluding hydrogens is 645 g/mol. The molecule has 11 rings (SSSR count). The van der Waals surface area contributed by atoms with Crippen LogP contribution < -0.4 is 4.90 Å². The van der Waals surface area contributed by atoms with Gasteiger partial charge in [0.25, 0.3) is 0 Å². The molecule has 0 N–H and O–H groups in total. The Labute approximate surface area is 296 Å². The molecule has 0 bridgehead atoms. The first-order valence-electron chi connectivity index (χ1n) is 16.9. The van der Waals surface area contributed by atoms with Crippen molar-refractivity contribution in [3.63, 3.8) is 0 Å². The number of fused-ring (bicyclic) bond motifs is 11. The summed E-state index contributed by atoms with van der Waals surface area (Å²) in [5.41, 5.74) is 7.10. The molecule has 234 valence electrons. The van der Waals surface area contributed by atoms with Crippen LogP contribution in [0, 0.1) is 0 Å². The molecule has 50 heavy (non-hydrogen) atoms. The largest absolute Gasteiger partial charge is 0.309 e. The Balaban J connectivity index is 1.26. The summed E-state index contributed by atoms with van der Waals surface area (Å²) >= 11 is 3.77. The predicted molar refractivity (Wildman–Crippen MR) is 219 cm³/mol. The number of anilines is 3. The summed E-state index contributed by atoms with van der Waals surface area (Å²) < 4.78 is 7.61. The minimum atomic E-state index is 1.14. The second-order valence-electron chi connectivity index (χ2n) is 12.9. The lowest BCUT2D eigenvalue weighted by molar-refractivity contribution is 1.18. The van der Waals surface area contributed by atoms with E-state index in [2.05, 4.69) is 179 Å². The van der Waals surface area contributed by atoms with Crippen LogP contribution in [0.25, 0.3) is 78.6 Å². The summed E-state index contributed by atoms with van der Waals surface area (Å²) in [6.45, 7) is 0. The Morgan fingerprint density at radius 2 is 1.02 bits per heavy atom. The van der Waals surface area contributed by atoms with Crippen LogP contribution in [0.4, 0.5) is 17.1 Å². The molecule has 0 aliphatic carbocycles. The zero-order chi connectivity index (χ0) is 32.8. The smallest absolute Gasteiger partial charge is 0.0640 e. The van der Waals surface area contributed by atoms with E-state index in [1.807, 2.05) is 22.7 Å². The third-order valence-electron chi connectivity index (χ3n) is 10.2. The van der Waals surface area contributed by atoms with E-state index >= 15 is 0 Å². The van der Waals surface area contributed by atoms with E-state index in [0.29, 0.717) is 0 Å². The van der Waals surface area contributed by atoms with Crippen molar-refractivity contribution in [3.8, 4) is 5.69 Å². The summed E-state index contributed by atoms with van der Waals surface area (Å²) in [7, 11) is 0. The summed E-state index contributed by atoms with van der Waals surface area (Å²) in [4.78, 5) is 2.53. The normalized spacial score (nSPS) is 12.0. The standard InChI is InChI=1S/C46H28N2S2/c1-2-13-29(14-3-1)47-38-21-9-6-16-32(38)37-27-30(25-26-39(37)47)48(40-22-12-20-35-33-17-7-10-23-42(33)50-46(35)40)41-28-44-45(34-18-5-4-15-31(34)41)36-19-8-11-24-43(36)49-44/h1-28H. The molecule has 0 amide bonds. The van der Waals surface area contributed by atoms with Gasteiger partial charge in [-0.15, -0.1) is 22.7 Å². The molecule has 11 aromatic rings. The Morgan fingerprint density at radius 1 is 0.380 bits per heavy atom. The predicted octanol–water partition coefficient (Wildman–Crippen LogP) is 14.1. The third kappa shape index (κ3) is 4.01. The van der Waals surface area contributed by atoms with Crippen molar-refractivity contribution in [3.05, 3.63) is 170 Å². The Hall–Kier alpha value is -5.94. The van der Waals surface area contributed by atoms with Gasteiger partial charge in [0.2, 0.25) is 0 Å². The van der Waals surface area contributed by atoms with Gasteiger partial charge in [-0.25, -0.2) is 0 Å². The van der Waals surface area contributed by atoms with Crippen LogP contribution in [-0.4, -0.2) is 4.57 Å². The van der Waals surface area contributed by atoms with Crippen molar-refractivity contribution < 1.29 is 0 Å². The SMILES string of the molecule is c1ccc(-n2c3ccccc3c3cc(N(c4cc5sc6ccccc6c5c5ccccc45)c4cccc5c4sc4ccccc45)ccc32)cc1. The highest BCUT2D eigenvalue weighted by molar-refractivity contribution is 7.26. The lowest BCUT2D eigenvalue weighted by Gasteiger charge is -2.28. The molecule has 0 saturated carbocycles. The van der Waals surface area contributed by atoms with E-state index in [1.165, 1.54) is 90.0 Å². The van der Waals surface area contributed by atoms with Crippen molar-refractivity contribution in [1.29, 1.82) is 0 Å². The van der Waals surface area contributed by atoms with Gasteiger partial charge in [0.05, 0.1) is 27.1 Å². The lowest BCUT2D eigenvalue weighted by Crippen LogP contribution is -2.10. The minimum Gasteiger partial charge on any atom is -0.309 e. The van der Waals surface area contributed by atoms with Crippen molar-refractivity contribution in [1.82, 2.24) is 4.57 Å². The second kappa shape index (κ2) is 10.8. The molecule has 2 nitrogen and oxygen atoms in total. The Kier molecular flexibility index (Phi) is 6.03. The molecule has 0 atom stereocenters. The molecule has 8 aromatic carbocycles. The van der Waals surface area contributed by atoms with Gasteiger partial charge >= 0.3 is 0 Å². The highest BCUT2D eigenvalue weighted by atomic mass is 32.1. The first-order valence-corrected chi connectivity index (χ1v) is 18.6. The number of para-hydroxylation sites is 2. The van der Waals surface area contributed by atoms with Crippen molar-refractivity contribution >= 4 is 113 Å². The summed E-state index contributed by atoms with van der Waals surface area (Å²) in [5, 5.41) is 10.3. The zero-order valence-electron chi connectivity index (χ0n) is 26.9. The number of hydrogen-bond donors (Lipinski definition) is 0. The Bertz CT molecular complexity index is 3110. The number of rotatable bonds is 4. The van der Waals surface area contributed by atoms with Crippen LogP contribution in [0.2, 0.25) is 0 Å².